The largest absolute Gasteiger partial charge is 0.381 e. The number of aryl methyl sites for hydroxylation is 1. The Hall–Kier alpha value is -1.95. The van der Waals surface area contributed by atoms with Gasteiger partial charge in [-0.2, -0.15) is 0 Å². The van der Waals surface area contributed by atoms with Crippen LogP contribution >= 0.6 is 0 Å². The van der Waals surface area contributed by atoms with Gasteiger partial charge in [-0.1, -0.05) is 0 Å². The molecular weight excluding hydrogens is 246 g/mol. The van der Waals surface area contributed by atoms with Crippen molar-refractivity contribution >= 4 is 10.9 Å². The Labute approximate surface area is 109 Å². The topological polar surface area (TPSA) is 66.1 Å². The Kier molecular flexibility index (Phi) is 2.94. The zero-order valence-electron chi connectivity index (χ0n) is 10.7. The van der Waals surface area contributed by atoms with Crippen molar-refractivity contribution in [3.05, 3.63) is 39.3 Å². The standard InChI is InChI=1S/C13H15N3O3/c1-15-11-6-14-4-2-10(11)12(17)16(13(15)18)7-9-3-5-19-8-9/h2,4,6,9H,3,5,7-8H2,1H3. The van der Waals surface area contributed by atoms with Crippen LogP contribution in [0.25, 0.3) is 10.9 Å². The maximum Gasteiger partial charge on any atom is 0.331 e. The van der Waals surface area contributed by atoms with Gasteiger partial charge in [0.1, 0.15) is 0 Å². The molecule has 2 aromatic heterocycles. The van der Waals surface area contributed by atoms with Crippen molar-refractivity contribution in [1.29, 1.82) is 0 Å². The fraction of sp³-hybridized carbons (Fsp3) is 0.462. The first-order valence-electron chi connectivity index (χ1n) is 6.30. The van der Waals surface area contributed by atoms with Crippen LogP contribution in [0.1, 0.15) is 6.42 Å². The molecule has 0 bridgehead atoms. The van der Waals surface area contributed by atoms with E-state index in [0.29, 0.717) is 30.7 Å². The molecule has 0 amide bonds. The molecule has 19 heavy (non-hydrogen) atoms. The molecule has 100 valence electrons. The Morgan fingerprint density at radius 3 is 3.05 bits per heavy atom. The maximum absolute atomic E-state index is 12.4. The van der Waals surface area contributed by atoms with Gasteiger partial charge in [0.2, 0.25) is 0 Å². The molecule has 1 aliphatic heterocycles. The second-order valence-corrected chi connectivity index (χ2v) is 4.88. The zero-order valence-corrected chi connectivity index (χ0v) is 10.7. The lowest BCUT2D eigenvalue weighted by molar-refractivity contribution is 0.182. The first kappa shape index (κ1) is 12.1. The van der Waals surface area contributed by atoms with Gasteiger partial charge in [0.25, 0.3) is 5.56 Å². The van der Waals surface area contributed by atoms with Crippen LogP contribution in [0.3, 0.4) is 0 Å². The monoisotopic (exact) mass is 261 g/mol. The first-order chi connectivity index (χ1) is 9.18. The van der Waals surface area contributed by atoms with E-state index in [1.165, 1.54) is 9.13 Å². The van der Waals surface area contributed by atoms with Crippen LogP contribution in [0.4, 0.5) is 0 Å². The maximum atomic E-state index is 12.4. The van der Waals surface area contributed by atoms with Crippen LogP contribution in [-0.4, -0.2) is 27.3 Å². The molecule has 1 saturated heterocycles. The summed E-state index contributed by atoms with van der Waals surface area (Å²) in [5.41, 5.74) is 0.0289. The highest BCUT2D eigenvalue weighted by Gasteiger charge is 2.19. The van der Waals surface area contributed by atoms with Crippen LogP contribution in [0, 0.1) is 5.92 Å². The predicted octanol–water partition coefficient (Wildman–Crippen LogP) is 0.132. The van der Waals surface area contributed by atoms with Crippen molar-refractivity contribution in [2.24, 2.45) is 13.0 Å². The Morgan fingerprint density at radius 2 is 2.32 bits per heavy atom. The highest BCUT2D eigenvalue weighted by molar-refractivity contribution is 5.76. The van der Waals surface area contributed by atoms with E-state index in [0.717, 1.165) is 6.42 Å². The van der Waals surface area contributed by atoms with Crippen molar-refractivity contribution in [2.75, 3.05) is 13.2 Å². The van der Waals surface area contributed by atoms with Gasteiger partial charge in [0.15, 0.2) is 0 Å². The van der Waals surface area contributed by atoms with Crippen molar-refractivity contribution in [3.8, 4) is 0 Å². The lowest BCUT2D eigenvalue weighted by atomic mass is 10.1. The van der Waals surface area contributed by atoms with E-state index in [9.17, 15) is 9.59 Å². The average molecular weight is 261 g/mol. The summed E-state index contributed by atoms with van der Waals surface area (Å²) in [6.45, 7) is 1.74. The second-order valence-electron chi connectivity index (χ2n) is 4.88. The molecule has 0 aromatic carbocycles. The molecule has 1 atom stereocenters. The minimum absolute atomic E-state index is 0.240. The minimum Gasteiger partial charge on any atom is -0.381 e. The number of nitrogens with zero attached hydrogens (tertiary/aromatic N) is 3. The lowest BCUT2D eigenvalue weighted by Crippen LogP contribution is -2.40. The summed E-state index contributed by atoms with van der Waals surface area (Å²) in [5, 5.41) is 0.524. The summed E-state index contributed by atoms with van der Waals surface area (Å²) in [4.78, 5) is 28.6. The Balaban J connectivity index is 2.18. The highest BCUT2D eigenvalue weighted by Crippen LogP contribution is 2.13. The van der Waals surface area contributed by atoms with Crippen LogP contribution < -0.4 is 11.2 Å². The van der Waals surface area contributed by atoms with Gasteiger partial charge < -0.3 is 4.74 Å². The Bertz CT molecular complexity index is 726. The van der Waals surface area contributed by atoms with Gasteiger partial charge in [-0.15, -0.1) is 0 Å². The molecule has 0 saturated carbocycles. The number of rotatable bonds is 2. The van der Waals surface area contributed by atoms with Crippen LogP contribution in [0.15, 0.2) is 28.0 Å². The average Bonchev–Trinajstić information content (AvgIpc) is 2.94. The molecule has 0 radical (unpaired) electrons. The van der Waals surface area contributed by atoms with E-state index < -0.39 is 0 Å². The molecule has 6 nitrogen and oxygen atoms in total. The van der Waals surface area contributed by atoms with Crippen LogP contribution in [-0.2, 0) is 18.3 Å². The molecule has 0 N–H and O–H groups in total. The van der Waals surface area contributed by atoms with Gasteiger partial charge in [-0.3, -0.25) is 18.9 Å². The SMILES string of the molecule is Cn1c(=O)n(CC2CCOC2)c(=O)c2ccncc21. The van der Waals surface area contributed by atoms with Crippen LogP contribution in [0.5, 0.6) is 0 Å². The fourth-order valence-electron chi connectivity index (χ4n) is 2.50. The molecule has 1 fully saturated rings. The smallest absolute Gasteiger partial charge is 0.331 e. The van der Waals surface area contributed by atoms with Gasteiger partial charge in [0, 0.05) is 32.3 Å². The molecule has 0 aliphatic carbocycles. The summed E-state index contributed by atoms with van der Waals surface area (Å²) < 4.78 is 8.07. The Morgan fingerprint density at radius 1 is 1.47 bits per heavy atom. The summed E-state index contributed by atoms with van der Waals surface area (Å²) >= 11 is 0. The number of ether oxygens (including phenoxy) is 1. The summed E-state index contributed by atoms with van der Waals surface area (Å²) in [7, 11) is 1.66. The van der Waals surface area contributed by atoms with E-state index in [4.69, 9.17) is 4.74 Å². The van der Waals surface area contributed by atoms with Gasteiger partial charge in [-0.05, 0) is 12.5 Å². The van der Waals surface area contributed by atoms with Crippen LogP contribution in [0.2, 0.25) is 0 Å². The minimum atomic E-state index is -0.294. The van der Waals surface area contributed by atoms with E-state index >= 15 is 0 Å². The van der Waals surface area contributed by atoms with Gasteiger partial charge >= 0.3 is 5.69 Å². The molecule has 1 aliphatic rings. The highest BCUT2D eigenvalue weighted by atomic mass is 16.5. The fourth-order valence-corrected chi connectivity index (χ4v) is 2.50. The predicted molar refractivity (Wildman–Crippen MR) is 70.2 cm³/mol. The van der Waals surface area contributed by atoms with Crippen molar-refractivity contribution < 1.29 is 4.74 Å². The normalized spacial score (nSPS) is 19.1. The third kappa shape index (κ3) is 1.98. The van der Waals surface area contributed by atoms with Gasteiger partial charge in [0.05, 0.1) is 23.7 Å². The number of pyridine rings is 1. The third-order valence-corrected chi connectivity index (χ3v) is 3.62. The number of hydrogen-bond acceptors (Lipinski definition) is 4. The molecule has 1 unspecified atom stereocenters. The summed E-state index contributed by atoms with van der Waals surface area (Å²) in [5.74, 6) is 0.240. The second kappa shape index (κ2) is 4.62. The first-order valence-corrected chi connectivity index (χ1v) is 6.30. The van der Waals surface area contributed by atoms with E-state index in [1.54, 1.807) is 25.5 Å². The van der Waals surface area contributed by atoms with Crippen molar-refractivity contribution in [3.63, 3.8) is 0 Å². The quantitative estimate of drug-likeness (QED) is 0.771. The number of hydrogen-bond donors (Lipinski definition) is 0. The lowest BCUT2D eigenvalue weighted by Gasteiger charge is -2.12. The number of fused-ring (bicyclic) bond motifs is 1. The molecule has 3 rings (SSSR count). The third-order valence-electron chi connectivity index (χ3n) is 3.62. The molecule has 6 heteroatoms. The summed E-state index contributed by atoms with van der Waals surface area (Å²) in [6.07, 6.45) is 4.00. The molecule has 3 heterocycles. The van der Waals surface area contributed by atoms with Crippen molar-refractivity contribution in [2.45, 2.75) is 13.0 Å². The number of aromatic nitrogens is 3. The zero-order chi connectivity index (χ0) is 13.4. The summed E-state index contributed by atoms with van der Waals surface area (Å²) in [6, 6.07) is 1.65. The van der Waals surface area contributed by atoms with E-state index in [2.05, 4.69) is 4.98 Å². The molecule has 0 spiro atoms. The van der Waals surface area contributed by atoms with Gasteiger partial charge in [-0.25, -0.2) is 4.79 Å². The van der Waals surface area contributed by atoms with E-state index in [-0.39, 0.29) is 17.2 Å². The molecule has 2 aromatic rings. The molecular formula is C13H15N3O3. The van der Waals surface area contributed by atoms with E-state index in [1.807, 2.05) is 0 Å². The van der Waals surface area contributed by atoms with Crippen molar-refractivity contribution in [1.82, 2.24) is 14.1 Å².